The third-order valence-electron chi connectivity index (χ3n) is 3.15. The topological polar surface area (TPSA) is 53.3 Å². The van der Waals surface area contributed by atoms with Crippen LogP contribution in [0.4, 0.5) is 4.79 Å². The number of carbonyl (C=O) groups excluding carboxylic acids is 1. The molecule has 17 heavy (non-hydrogen) atoms. The Hall–Kier alpha value is -1.24. The van der Waals surface area contributed by atoms with Gasteiger partial charge in [0.05, 0.1) is 6.07 Å². The van der Waals surface area contributed by atoms with Gasteiger partial charge in [-0.05, 0) is 46.5 Å². The van der Waals surface area contributed by atoms with Crippen molar-refractivity contribution in [3.8, 4) is 6.07 Å². The summed E-state index contributed by atoms with van der Waals surface area (Å²) in [5.74, 6) is 0. The number of carbonyl (C=O) groups is 1. The van der Waals surface area contributed by atoms with Crippen molar-refractivity contribution in [3.63, 3.8) is 0 Å². The molecule has 1 unspecified atom stereocenters. The van der Waals surface area contributed by atoms with E-state index in [1.165, 1.54) is 0 Å². The van der Waals surface area contributed by atoms with Crippen LogP contribution in [0.15, 0.2) is 0 Å². The fraction of sp³-hybridized carbons (Fsp3) is 0.846. The standard InChI is InChI=1S/C13H22N2O2/c1-5-13(10-14)8-6-7-9-15(13)11(16)17-12(2,3)4/h5-9H2,1-4H3. The zero-order valence-corrected chi connectivity index (χ0v) is 11.2. The van der Waals surface area contributed by atoms with Crippen molar-refractivity contribution < 1.29 is 9.53 Å². The summed E-state index contributed by atoms with van der Waals surface area (Å²) in [4.78, 5) is 13.7. The summed E-state index contributed by atoms with van der Waals surface area (Å²) in [7, 11) is 0. The number of nitrogens with zero attached hydrogens (tertiary/aromatic N) is 2. The van der Waals surface area contributed by atoms with Crippen LogP contribution in [0.1, 0.15) is 53.4 Å². The Balaban J connectivity index is 2.86. The van der Waals surface area contributed by atoms with Crippen molar-refractivity contribution >= 4 is 6.09 Å². The lowest BCUT2D eigenvalue weighted by molar-refractivity contribution is -0.00316. The van der Waals surface area contributed by atoms with E-state index in [-0.39, 0.29) is 6.09 Å². The molecule has 4 nitrogen and oxygen atoms in total. The number of hydrogen-bond donors (Lipinski definition) is 0. The molecule has 1 rings (SSSR count). The molecule has 0 aromatic carbocycles. The number of amides is 1. The minimum Gasteiger partial charge on any atom is -0.444 e. The first-order chi connectivity index (χ1) is 7.84. The van der Waals surface area contributed by atoms with Crippen molar-refractivity contribution in [2.45, 2.75) is 64.5 Å². The first-order valence-corrected chi connectivity index (χ1v) is 6.26. The summed E-state index contributed by atoms with van der Waals surface area (Å²) in [6.45, 7) is 8.10. The van der Waals surface area contributed by atoms with Crippen LogP contribution in [0.3, 0.4) is 0 Å². The molecule has 0 N–H and O–H groups in total. The van der Waals surface area contributed by atoms with Gasteiger partial charge < -0.3 is 4.74 Å². The molecule has 1 heterocycles. The molecular weight excluding hydrogens is 216 g/mol. The molecule has 0 aromatic rings. The van der Waals surface area contributed by atoms with E-state index in [4.69, 9.17) is 4.74 Å². The van der Waals surface area contributed by atoms with E-state index < -0.39 is 11.1 Å². The van der Waals surface area contributed by atoms with Gasteiger partial charge in [-0.15, -0.1) is 0 Å². The van der Waals surface area contributed by atoms with Crippen LogP contribution >= 0.6 is 0 Å². The van der Waals surface area contributed by atoms with E-state index in [0.717, 1.165) is 19.3 Å². The highest BCUT2D eigenvalue weighted by atomic mass is 16.6. The highest BCUT2D eigenvalue weighted by Gasteiger charge is 2.42. The largest absolute Gasteiger partial charge is 0.444 e. The van der Waals surface area contributed by atoms with E-state index >= 15 is 0 Å². The molecule has 0 aliphatic carbocycles. The molecule has 0 bridgehead atoms. The van der Waals surface area contributed by atoms with Crippen LogP contribution in [-0.4, -0.2) is 28.7 Å². The molecule has 1 atom stereocenters. The lowest BCUT2D eigenvalue weighted by Crippen LogP contribution is -2.54. The highest BCUT2D eigenvalue weighted by molar-refractivity contribution is 5.70. The Morgan fingerprint density at radius 3 is 2.59 bits per heavy atom. The van der Waals surface area contributed by atoms with Gasteiger partial charge in [0.2, 0.25) is 0 Å². The summed E-state index contributed by atoms with van der Waals surface area (Å²) in [6, 6.07) is 2.31. The zero-order valence-electron chi connectivity index (χ0n) is 11.2. The Morgan fingerprint density at radius 1 is 1.47 bits per heavy atom. The van der Waals surface area contributed by atoms with Gasteiger partial charge in [-0.1, -0.05) is 6.92 Å². The summed E-state index contributed by atoms with van der Waals surface area (Å²) in [6.07, 6.45) is 2.99. The molecule has 1 saturated heterocycles. The van der Waals surface area contributed by atoms with Gasteiger partial charge in [-0.25, -0.2) is 4.79 Å². The second-order valence-electron chi connectivity index (χ2n) is 5.59. The van der Waals surface area contributed by atoms with E-state index in [9.17, 15) is 10.1 Å². The molecule has 96 valence electrons. The summed E-state index contributed by atoms with van der Waals surface area (Å²) in [5, 5.41) is 9.36. The maximum Gasteiger partial charge on any atom is 0.411 e. The molecule has 1 fully saturated rings. The number of hydrogen-bond acceptors (Lipinski definition) is 3. The quantitative estimate of drug-likeness (QED) is 0.705. The fourth-order valence-electron chi connectivity index (χ4n) is 2.18. The lowest BCUT2D eigenvalue weighted by atomic mass is 9.86. The van der Waals surface area contributed by atoms with Crippen LogP contribution in [0.5, 0.6) is 0 Å². The number of nitriles is 1. The minimum absolute atomic E-state index is 0.361. The maximum atomic E-state index is 12.1. The van der Waals surface area contributed by atoms with Gasteiger partial charge in [0, 0.05) is 6.54 Å². The first kappa shape index (κ1) is 13.8. The number of likely N-dealkylation sites (tertiary alicyclic amines) is 1. The van der Waals surface area contributed by atoms with Crippen LogP contribution < -0.4 is 0 Å². The predicted octanol–water partition coefficient (Wildman–Crippen LogP) is 3.08. The molecular formula is C13H22N2O2. The van der Waals surface area contributed by atoms with Crippen molar-refractivity contribution in [2.75, 3.05) is 6.54 Å². The SMILES string of the molecule is CCC1(C#N)CCCCN1C(=O)OC(C)(C)C. The molecule has 0 radical (unpaired) electrons. The summed E-state index contributed by atoms with van der Waals surface area (Å²) in [5.41, 5.74) is -1.18. The normalized spacial score (nSPS) is 25.2. The average Bonchev–Trinajstić information content (AvgIpc) is 2.26. The summed E-state index contributed by atoms with van der Waals surface area (Å²) >= 11 is 0. The molecule has 0 aromatic heterocycles. The second-order valence-corrected chi connectivity index (χ2v) is 5.59. The van der Waals surface area contributed by atoms with Gasteiger partial charge in [-0.2, -0.15) is 5.26 Å². The van der Waals surface area contributed by atoms with Crippen molar-refractivity contribution in [1.29, 1.82) is 5.26 Å². The van der Waals surface area contributed by atoms with Gasteiger partial charge in [-0.3, -0.25) is 4.90 Å². The van der Waals surface area contributed by atoms with Gasteiger partial charge >= 0.3 is 6.09 Å². The lowest BCUT2D eigenvalue weighted by Gasteiger charge is -2.42. The molecule has 0 saturated carbocycles. The van der Waals surface area contributed by atoms with Crippen LogP contribution in [0.25, 0.3) is 0 Å². The minimum atomic E-state index is -0.666. The van der Waals surface area contributed by atoms with E-state index in [0.29, 0.717) is 13.0 Å². The molecule has 1 aliphatic rings. The molecule has 1 aliphatic heterocycles. The third-order valence-corrected chi connectivity index (χ3v) is 3.15. The van der Waals surface area contributed by atoms with E-state index in [1.807, 2.05) is 27.7 Å². The number of rotatable bonds is 1. The molecule has 1 amide bonds. The van der Waals surface area contributed by atoms with Crippen molar-refractivity contribution in [2.24, 2.45) is 0 Å². The predicted molar refractivity (Wildman–Crippen MR) is 65.4 cm³/mol. The highest BCUT2D eigenvalue weighted by Crippen LogP contribution is 2.31. The Morgan fingerprint density at radius 2 is 2.12 bits per heavy atom. The molecule has 4 heteroatoms. The van der Waals surface area contributed by atoms with Gasteiger partial charge in [0.1, 0.15) is 11.1 Å². The average molecular weight is 238 g/mol. The summed E-state index contributed by atoms with van der Waals surface area (Å²) < 4.78 is 5.37. The van der Waals surface area contributed by atoms with E-state index in [2.05, 4.69) is 6.07 Å². The Labute approximate surface area is 104 Å². The monoisotopic (exact) mass is 238 g/mol. The van der Waals surface area contributed by atoms with Gasteiger partial charge in [0.25, 0.3) is 0 Å². The van der Waals surface area contributed by atoms with Crippen molar-refractivity contribution in [3.05, 3.63) is 0 Å². The van der Waals surface area contributed by atoms with E-state index in [1.54, 1.807) is 4.90 Å². The Bertz CT molecular complexity index is 327. The van der Waals surface area contributed by atoms with Crippen LogP contribution in [0.2, 0.25) is 0 Å². The maximum absolute atomic E-state index is 12.1. The smallest absolute Gasteiger partial charge is 0.411 e. The number of piperidine rings is 1. The van der Waals surface area contributed by atoms with Crippen LogP contribution in [0, 0.1) is 11.3 Å². The fourth-order valence-corrected chi connectivity index (χ4v) is 2.18. The van der Waals surface area contributed by atoms with Crippen molar-refractivity contribution in [1.82, 2.24) is 4.90 Å². The zero-order chi connectivity index (χ0) is 13.1. The number of ether oxygens (including phenoxy) is 1. The first-order valence-electron chi connectivity index (χ1n) is 6.26. The molecule has 0 spiro atoms. The Kier molecular flexibility index (Phi) is 4.03. The van der Waals surface area contributed by atoms with Gasteiger partial charge in [0.15, 0.2) is 0 Å². The van der Waals surface area contributed by atoms with Crippen LogP contribution in [-0.2, 0) is 4.74 Å². The third kappa shape index (κ3) is 3.12. The second kappa shape index (κ2) is 4.95.